The molecule has 0 aromatic heterocycles. The molecule has 0 radical (unpaired) electrons. The van der Waals surface area contributed by atoms with Crippen LogP contribution in [0.25, 0.3) is 0 Å². The molecule has 1 heterocycles. The molecule has 1 aliphatic heterocycles. The van der Waals surface area contributed by atoms with E-state index >= 15 is 0 Å². The van der Waals surface area contributed by atoms with E-state index in [2.05, 4.69) is 36.9 Å². The van der Waals surface area contributed by atoms with E-state index in [1.54, 1.807) is 17.0 Å². The summed E-state index contributed by atoms with van der Waals surface area (Å²) in [6.45, 7) is 9.01. The van der Waals surface area contributed by atoms with E-state index < -0.39 is 10.0 Å². The maximum Gasteiger partial charge on any atom is 0.243 e. The van der Waals surface area contributed by atoms with Crippen LogP contribution in [0.2, 0.25) is 0 Å². The van der Waals surface area contributed by atoms with Gasteiger partial charge < -0.3 is 14.5 Å². The number of carbonyl (C=O) groups is 1. The molecular formula is C23H31N3O4S. The van der Waals surface area contributed by atoms with Gasteiger partial charge in [-0.1, -0.05) is 12.1 Å². The number of likely N-dealkylation sites (N-methyl/N-ethyl adjacent to an activating group) is 1. The zero-order chi connectivity index (χ0) is 22.6. The fourth-order valence-electron chi connectivity index (χ4n) is 3.70. The average Bonchev–Trinajstić information content (AvgIpc) is 2.76. The van der Waals surface area contributed by atoms with Crippen molar-refractivity contribution in [2.75, 3.05) is 51.3 Å². The summed E-state index contributed by atoms with van der Waals surface area (Å²) in [6, 6.07) is 12.5. The molecule has 1 aliphatic rings. The number of benzene rings is 2. The van der Waals surface area contributed by atoms with Crippen LogP contribution in [0.4, 0.5) is 5.69 Å². The first kappa shape index (κ1) is 23.1. The zero-order valence-electron chi connectivity index (χ0n) is 18.7. The van der Waals surface area contributed by atoms with Crippen molar-refractivity contribution in [2.45, 2.75) is 25.7 Å². The van der Waals surface area contributed by atoms with E-state index in [-0.39, 0.29) is 17.3 Å². The van der Waals surface area contributed by atoms with Crippen LogP contribution in [0.5, 0.6) is 5.75 Å². The molecule has 0 bridgehead atoms. The van der Waals surface area contributed by atoms with Gasteiger partial charge in [0, 0.05) is 38.9 Å². The Labute approximate surface area is 185 Å². The minimum absolute atomic E-state index is 0.144. The van der Waals surface area contributed by atoms with E-state index in [1.165, 1.54) is 36.0 Å². The number of hydrogen-bond acceptors (Lipinski definition) is 5. The Balaban J connectivity index is 1.59. The quantitative estimate of drug-likeness (QED) is 0.655. The van der Waals surface area contributed by atoms with Crippen molar-refractivity contribution in [3.05, 3.63) is 53.6 Å². The highest BCUT2D eigenvalue weighted by Crippen LogP contribution is 2.24. The Bertz CT molecular complexity index is 1010. The molecule has 0 atom stereocenters. The van der Waals surface area contributed by atoms with Gasteiger partial charge in [0.1, 0.15) is 5.75 Å². The first-order chi connectivity index (χ1) is 14.7. The van der Waals surface area contributed by atoms with Gasteiger partial charge in [-0.05, 0) is 62.2 Å². The molecule has 0 saturated carbocycles. The highest BCUT2D eigenvalue weighted by molar-refractivity contribution is 7.89. The van der Waals surface area contributed by atoms with Gasteiger partial charge in [0.2, 0.25) is 15.9 Å². The molecular weight excluding hydrogens is 414 g/mol. The van der Waals surface area contributed by atoms with Crippen molar-refractivity contribution < 1.29 is 17.9 Å². The van der Waals surface area contributed by atoms with Crippen molar-refractivity contribution in [2.24, 2.45) is 0 Å². The Morgan fingerprint density at radius 2 is 1.68 bits per heavy atom. The maximum atomic E-state index is 12.8. The first-order valence-electron chi connectivity index (χ1n) is 10.5. The topological polar surface area (TPSA) is 70.2 Å². The molecule has 1 amide bonds. The summed E-state index contributed by atoms with van der Waals surface area (Å²) in [6.07, 6.45) is 0. The molecule has 1 fully saturated rings. The monoisotopic (exact) mass is 445 g/mol. The first-order valence-corrected chi connectivity index (χ1v) is 12.0. The fraction of sp³-hybridized carbons (Fsp3) is 0.435. The minimum Gasteiger partial charge on any atom is -0.494 e. The number of aryl methyl sites for hydroxylation is 1. The Morgan fingerprint density at radius 3 is 2.29 bits per heavy atom. The van der Waals surface area contributed by atoms with Gasteiger partial charge in [-0.15, -0.1) is 0 Å². The summed E-state index contributed by atoms with van der Waals surface area (Å²) >= 11 is 0. The number of piperazine rings is 1. The second kappa shape index (κ2) is 9.70. The Hall–Kier alpha value is -2.58. The van der Waals surface area contributed by atoms with E-state index in [0.29, 0.717) is 25.4 Å². The van der Waals surface area contributed by atoms with Crippen LogP contribution in [-0.4, -0.2) is 69.9 Å². The molecule has 2 aromatic rings. The molecule has 0 N–H and O–H groups in total. The molecule has 31 heavy (non-hydrogen) atoms. The molecule has 0 aliphatic carbocycles. The van der Waals surface area contributed by atoms with E-state index in [0.717, 1.165) is 17.4 Å². The van der Waals surface area contributed by atoms with E-state index in [9.17, 15) is 13.2 Å². The number of nitrogens with zero attached hydrogens (tertiary/aromatic N) is 3. The number of ether oxygens (including phenoxy) is 1. The lowest BCUT2D eigenvalue weighted by Gasteiger charge is -2.37. The van der Waals surface area contributed by atoms with Crippen molar-refractivity contribution in [3.63, 3.8) is 0 Å². The highest BCUT2D eigenvalue weighted by atomic mass is 32.2. The van der Waals surface area contributed by atoms with Gasteiger partial charge in [0.15, 0.2) is 0 Å². The highest BCUT2D eigenvalue weighted by Gasteiger charge is 2.27. The van der Waals surface area contributed by atoms with E-state index in [4.69, 9.17) is 4.74 Å². The largest absolute Gasteiger partial charge is 0.494 e. The van der Waals surface area contributed by atoms with Gasteiger partial charge >= 0.3 is 0 Å². The molecule has 168 valence electrons. The molecule has 3 rings (SSSR count). The van der Waals surface area contributed by atoms with Crippen molar-refractivity contribution >= 4 is 21.6 Å². The average molecular weight is 446 g/mol. The summed E-state index contributed by atoms with van der Waals surface area (Å²) in [4.78, 5) is 16.9. The van der Waals surface area contributed by atoms with Crippen molar-refractivity contribution in [1.29, 1.82) is 0 Å². The zero-order valence-corrected chi connectivity index (χ0v) is 19.5. The molecule has 7 nitrogen and oxygen atoms in total. The molecule has 0 spiro atoms. The summed E-state index contributed by atoms with van der Waals surface area (Å²) in [5.74, 6) is 0.430. The van der Waals surface area contributed by atoms with E-state index in [1.807, 2.05) is 6.92 Å². The summed E-state index contributed by atoms with van der Waals surface area (Å²) in [5, 5.41) is 0. The Kier molecular flexibility index (Phi) is 7.23. The van der Waals surface area contributed by atoms with Crippen LogP contribution in [0, 0.1) is 13.8 Å². The third-order valence-electron chi connectivity index (χ3n) is 5.75. The second-order valence-corrected chi connectivity index (χ2v) is 9.80. The molecule has 2 aromatic carbocycles. The summed E-state index contributed by atoms with van der Waals surface area (Å²) < 4.78 is 32.1. The van der Waals surface area contributed by atoms with Crippen LogP contribution in [0.3, 0.4) is 0 Å². The number of sulfonamides is 1. The van der Waals surface area contributed by atoms with Crippen LogP contribution in [-0.2, 0) is 14.8 Å². The SMILES string of the molecule is CCOc1ccc(S(=O)(=O)N(C)CC(=O)N2CCN(c3cccc(C)c3C)CC2)cc1. The number of anilines is 1. The van der Waals surface area contributed by atoms with Crippen molar-refractivity contribution in [1.82, 2.24) is 9.21 Å². The third kappa shape index (κ3) is 5.19. The number of amides is 1. The van der Waals surface area contributed by atoms with Gasteiger partial charge in [-0.2, -0.15) is 4.31 Å². The molecule has 8 heteroatoms. The maximum absolute atomic E-state index is 12.8. The number of hydrogen-bond donors (Lipinski definition) is 0. The van der Waals surface area contributed by atoms with Crippen molar-refractivity contribution in [3.8, 4) is 5.75 Å². The van der Waals surface area contributed by atoms with Crippen LogP contribution >= 0.6 is 0 Å². The number of rotatable bonds is 7. The lowest BCUT2D eigenvalue weighted by molar-refractivity contribution is -0.131. The molecule has 1 saturated heterocycles. The third-order valence-corrected chi connectivity index (χ3v) is 7.57. The number of carbonyl (C=O) groups excluding carboxylic acids is 1. The normalized spacial score (nSPS) is 14.7. The predicted octanol–water partition coefficient (Wildman–Crippen LogP) is 2.67. The predicted molar refractivity (Wildman–Crippen MR) is 122 cm³/mol. The van der Waals surface area contributed by atoms with Gasteiger partial charge in [0.25, 0.3) is 0 Å². The summed E-state index contributed by atoms with van der Waals surface area (Å²) in [7, 11) is -2.31. The smallest absolute Gasteiger partial charge is 0.243 e. The van der Waals surface area contributed by atoms with Crippen LogP contribution < -0.4 is 9.64 Å². The molecule has 0 unspecified atom stereocenters. The van der Waals surface area contributed by atoms with Gasteiger partial charge in [-0.3, -0.25) is 4.79 Å². The van der Waals surface area contributed by atoms with Gasteiger partial charge in [-0.25, -0.2) is 8.42 Å². The van der Waals surface area contributed by atoms with Gasteiger partial charge in [0.05, 0.1) is 18.0 Å². The summed E-state index contributed by atoms with van der Waals surface area (Å²) in [5.41, 5.74) is 3.70. The van der Waals surface area contributed by atoms with Crippen LogP contribution in [0.15, 0.2) is 47.4 Å². The second-order valence-electron chi connectivity index (χ2n) is 7.75. The lowest BCUT2D eigenvalue weighted by Crippen LogP contribution is -2.51. The minimum atomic E-state index is -3.75. The lowest BCUT2D eigenvalue weighted by atomic mass is 10.1. The Morgan fingerprint density at radius 1 is 1.03 bits per heavy atom. The fourth-order valence-corrected chi connectivity index (χ4v) is 4.83. The standard InChI is InChI=1S/C23H31N3O4S/c1-5-30-20-9-11-21(12-10-20)31(28,29)24(4)17-23(27)26-15-13-25(14-16-26)22-8-6-7-18(2)19(22)3/h6-12H,5,13-17H2,1-4H3. The van der Waals surface area contributed by atoms with Crippen LogP contribution in [0.1, 0.15) is 18.1 Å².